The van der Waals surface area contributed by atoms with Crippen molar-refractivity contribution in [1.82, 2.24) is 15.0 Å². The van der Waals surface area contributed by atoms with Crippen LogP contribution in [0.5, 0.6) is 11.5 Å². The molecule has 32 heavy (non-hydrogen) atoms. The molecule has 0 atom stereocenters. The van der Waals surface area contributed by atoms with Crippen molar-refractivity contribution >= 4 is 29.7 Å². The van der Waals surface area contributed by atoms with E-state index in [0.29, 0.717) is 30.2 Å². The van der Waals surface area contributed by atoms with Gasteiger partial charge in [0.2, 0.25) is 17.8 Å². The Hall–Kier alpha value is -3.88. The lowest BCUT2D eigenvalue weighted by molar-refractivity contribution is 0.318. The first-order valence-electron chi connectivity index (χ1n) is 10.8. The number of piperidine rings is 1. The number of aromatic hydroxyl groups is 1. The highest BCUT2D eigenvalue weighted by Gasteiger charge is 2.16. The molecule has 3 aromatic rings. The third kappa shape index (κ3) is 5.63. The number of hydrazone groups is 1. The van der Waals surface area contributed by atoms with Gasteiger partial charge in [-0.2, -0.15) is 20.1 Å². The molecular weight excluding hydrogens is 406 g/mol. The van der Waals surface area contributed by atoms with Crippen LogP contribution in [-0.4, -0.2) is 46.0 Å². The minimum atomic E-state index is 0.0947. The Balaban J connectivity index is 1.54. The van der Waals surface area contributed by atoms with Gasteiger partial charge >= 0.3 is 0 Å². The molecule has 166 valence electrons. The molecule has 2 aromatic carbocycles. The van der Waals surface area contributed by atoms with Crippen LogP contribution >= 0.6 is 0 Å². The zero-order valence-electron chi connectivity index (χ0n) is 18.0. The number of ether oxygens (including phenoxy) is 1. The summed E-state index contributed by atoms with van der Waals surface area (Å²) in [5.74, 6) is 1.93. The maximum atomic E-state index is 9.85. The summed E-state index contributed by atoms with van der Waals surface area (Å²) in [6.07, 6.45) is 5.09. The smallest absolute Gasteiger partial charge is 0.250 e. The number of anilines is 4. The Labute approximate surface area is 187 Å². The molecule has 4 rings (SSSR count). The van der Waals surface area contributed by atoms with Crippen molar-refractivity contribution in [1.29, 1.82) is 0 Å². The van der Waals surface area contributed by atoms with Crippen molar-refractivity contribution in [3.63, 3.8) is 0 Å². The summed E-state index contributed by atoms with van der Waals surface area (Å²) < 4.78 is 5.42. The summed E-state index contributed by atoms with van der Waals surface area (Å²) in [5, 5.41) is 17.4. The SMILES string of the molecule is CCOc1cc(/C=N\Nc2nc(Nc3ccccc3)nc(N3CCCCC3)n2)ccc1O. The largest absolute Gasteiger partial charge is 0.504 e. The van der Waals surface area contributed by atoms with E-state index in [1.807, 2.05) is 37.3 Å². The maximum Gasteiger partial charge on any atom is 0.250 e. The summed E-state index contributed by atoms with van der Waals surface area (Å²) in [7, 11) is 0. The molecule has 1 fully saturated rings. The Morgan fingerprint density at radius 3 is 2.59 bits per heavy atom. The average Bonchev–Trinajstić information content (AvgIpc) is 2.82. The van der Waals surface area contributed by atoms with E-state index in [9.17, 15) is 5.11 Å². The first-order valence-corrected chi connectivity index (χ1v) is 10.8. The van der Waals surface area contributed by atoms with Crippen LogP contribution in [0.25, 0.3) is 0 Å². The number of nitrogens with zero attached hydrogens (tertiary/aromatic N) is 5. The lowest BCUT2D eigenvalue weighted by atomic mass is 10.1. The number of phenolic OH excluding ortho intramolecular Hbond substituents is 1. The van der Waals surface area contributed by atoms with Crippen molar-refractivity contribution in [2.24, 2.45) is 5.10 Å². The number of nitrogens with one attached hydrogen (secondary N) is 2. The lowest BCUT2D eigenvalue weighted by Crippen LogP contribution is -2.31. The van der Waals surface area contributed by atoms with Gasteiger partial charge in [0.05, 0.1) is 12.8 Å². The average molecular weight is 434 g/mol. The van der Waals surface area contributed by atoms with Crippen molar-refractivity contribution in [2.75, 3.05) is 35.3 Å². The van der Waals surface area contributed by atoms with Crippen LogP contribution in [0.4, 0.5) is 23.5 Å². The number of para-hydroxylation sites is 1. The molecule has 0 radical (unpaired) electrons. The molecule has 3 N–H and O–H groups in total. The van der Waals surface area contributed by atoms with Crippen LogP contribution in [-0.2, 0) is 0 Å². The van der Waals surface area contributed by atoms with Gasteiger partial charge in [0.25, 0.3) is 0 Å². The minimum Gasteiger partial charge on any atom is -0.504 e. The fourth-order valence-electron chi connectivity index (χ4n) is 3.40. The summed E-state index contributed by atoms with van der Waals surface area (Å²) in [4.78, 5) is 15.8. The number of rotatable bonds is 8. The number of hydrogen-bond acceptors (Lipinski definition) is 9. The molecule has 0 unspecified atom stereocenters. The highest BCUT2D eigenvalue weighted by molar-refractivity contribution is 5.81. The van der Waals surface area contributed by atoms with Crippen molar-refractivity contribution in [2.45, 2.75) is 26.2 Å². The lowest BCUT2D eigenvalue weighted by Gasteiger charge is -2.26. The Morgan fingerprint density at radius 2 is 1.81 bits per heavy atom. The molecule has 0 bridgehead atoms. The van der Waals surface area contributed by atoms with Gasteiger partial charge in [-0.3, -0.25) is 0 Å². The summed E-state index contributed by atoms with van der Waals surface area (Å²) in [6.45, 7) is 4.17. The summed E-state index contributed by atoms with van der Waals surface area (Å²) in [6, 6.07) is 14.8. The fraction of sp³-hybridized carbons (Fsp3) is 0.304. The molecule has 0 saturated carbocycles. The molecule has 9 heteroatoms. The van der Waals surface area contributed by atoms with E-state index < -0.39 is 0 Å². The van der Waals surface area contributed by atoms with Crippen LogP contribution in [0.1, 0.15) is 31.7 Å². The third-order valence-electron chi connectivity index (χ3n) is 4.95. The second kappa shape index (κ2) is 10.4. The zero-order valence-corrected chi connectivity index (χ0v) is 18.0. The summed E-state index contributed by atoms with van der Waals surface area (Å²) >= 11 is 0. The van der Waals surface area contributed by atoms with Crippen LogP contribution < -0.4 is 20.4 Å². The monoisotopic (exact) mass is 433 g/mol. The van der Waals surface area contributed by atoms with Crippen LogP contribution in [0.15, 0.2) is 53.6 Å². The zero-order chi connectivity index (χ0) is 22.2. The highest BCUT2D eigenvalue weighted by atomic mass is 16.5. The van der Waals surface area contributed by atoms with Gasteiger partial charge in [0.1, 0.15) is 0 Å². The van der Waals surface area contributed by atoms with Crippen LogP contribution in [0.2, 0.25) is 0 Å². The standard InChI is InChI=1S/C23H27N7O2/c1-2-32-20-15-17(11-12-19(20)31)16-24-29-22-26-21(25-18-9-5-3-6-10-18)27-23(28-22)30-13-7-4-8-14-30/h3,5-6,9-12,15-16,31H,2,4,7-8,13-14H2,1H3,(H2,25,26,27,28,29)/b24-16-. The van der Waals surface area contributed by atoms with Crippen LogP contribution in [0, 0.1) is 0 Å². The maximum absolute atomic E-state index is 9.85. The van der Waals surface area contributed by atoms with E-state index >= 15 is 0 Å². The van der Waals surface area contributed by atoms with E-state index in [-0.39, 0.29) is 5.75 Å². The van der Waals surface area contributed by atoms with E-state index in [1.165, 1.54) is 6.42 Å². The predicted octanol–water partition coefficient (Wildman–Crippen LogP) is 4.16. The molecule has 0 spiro atoms. The molecule has 2 heterocycles. The quantitative estimate of drug-likeness (QED) is 0.359. The van der Waals surface area contributed by atoms with Crippen molar-refractivity contribution in [3.05, 3.63) is 54.1 Å². The van der Waals surface area contributed by atoms with Crippen molar-refractivity contribution in [3.8, 4) is 11.5 Å². The molecule has 0 amide bonds. The van der Waals surface area contributed by atoms with Gasteiger partial charge in [-0.05, 0) is 62.1 Å². The number of aromatic nitrogens is 3. The van der Waals surface area contributed by atoms with Crippen molar-refractivity contribution < 1.29 is 9.84 Å². The van der Waals surface area contributed by atoms with E-state index in [2.05, 4.69) is 35.7 Å². The normalized spacial score (nSPS) is 13.8. The molecule has 0 aliphatic carbocycles. The molecule has 9 nitrogen and oxygen atoms in total. The second-order valence-electron chi connectivity index (χ2n) is 7.35. The van der Waals surface area contributed by atoms with E-state index in [0.717, 1.165) is 37.2 Å². The summed E-state index contributed by atoms with van der Waals surface area (Å²) in [5.41, 5.74) is 4.57. The fourth-order valence-corrected chi connectivity index (χ4v) is 3.40. The van der Waals surface area contributed by atoms with Gasteiger partial charge in [-0.25, -0.2) is 5.43 Å². The number of benzene rings is 2. The first kappa shape index (κ1) is 21.4. The van der Waals surface area contributed by atoms with Gasteiger partial charge in [0, 0.05) is 18.8 Å². The van der Waals surface area contributed by atoms with Gasteiger partial charge in [-0.15, -0.1) is 0 Å². The third-order valence-corrected chi connectivity index (χ3v) is 4.95. The Bertz CT molecular complexity index is 1050. The Morgan fingerprint density at radius 1 is 1.03 bits per heavy atom. The highest BCUT2D eigenvalue weighted by Crippen LogP contribution is 2.26. The topological polar surface area (TPSA) is 108 Å². The van der Waals surface area contributed by atoms with Crippen LogP contribution in [0.3, 0.4) is 0 Å². The molecule has 1 aliphatic heterocycles. The van der Waals surface area contributed by atoms with Gasteiger partial charge < -0.3 is 20.1 Å². The molecule has 1 saturated heterocycles. The van der Waals surface area contributed by atoms with E-state index in [1.54, 1.807) is 24.4 Å². The van der Waals surface area contributed by atoms with E-state index in [4.69, 9.17) is 4.74 Å². The second-order valence-corrected chi connectivity index (χ2v) is 7.35. The predicted molar refractivity (Wildman–Crippen MR) is 126 cm³/mol. The number of phenols is 1. The minimum absolute atomic E-state index is 0.0947. The van der Waals surface area contributed by atoms with Gasteiger partial charge in [0.15, 0.2) is 11.5 Å². The molecule has 1 aliphatic rings. The molecular formula is C23H27N7O2. The Kier molecular flexibility index (Phi) is 6.96. The number of hydrogen-bond donors (Lipinski definition) is 3. The molecule has 1 aromatic heterocycles. The first-order chi connectivity index (χ1) is 15.7. The van der Waals surface area contributed by atoms with Gasteiger partial charge in [-0.1, -0.05) is 18.2 Å².